The summed E-state index contributed by atoms with van der Waals surface area (Å²) in [5.74, 6) is 0.188. The number of nitrogen functional groups attached to an aromatic ring is 2. The minimum absolute atomic E-state index is 0.0130. The molecule has 0 saturated carbocycles. The van der Waals surface area contributed by atoms with Gasteiger partial charge >= 0.3 is 0 Å². The van der Waals surface area contributed by atoms with Crippen LogP contribution in [0.15, 0.2) is 22.2 Å². The minimum Gasteiger partial charge on any atom is -0.394 e. The number of nitrogens with one attached hydrogen (secondary N) is 1. The Labute approximate surface area is 190 Å². The number of imidazole rings is 2. The minimum atomic E-state index is -1.29. The zero-order valence-corrected chi connectivity index (χ0v) is 18.2. The topological polar surface area (TPSA) is 238 Å². The maximum Gasteiger partial charge on any atom is 0.282 e. The van der Waals surface area contributed by atoms with Crippen molar-refractivity contribution >= 4 is 34.2 Å². The SMILES string of the molecule is CCn1c(N)nc2nc[nH]c2c1=O.Cn1c(N)nc2c(ncn2[C@@H]2O[C@H](CO)[C@@H](O)[C@H]2O)c1=O. The first-order chi connectivity index (χ1) is 16.2. The van der Waals surface area contributed by atoms with E-state index in [4.69, 9.17) is 21.3 Å². The molecule has 1 aliphatic rings. The molecule has 8 N–H and O–H groups in total. The van der Waals surface area contributed by atoms with Gasteiger partial charge in [-0.15, -0.1) is 0 Å². The second-order valence-electron chi connectivity index (χ2n) is 7.51. The number of aliphatic hydroxyl groups is 3. The standard InChI is InChI=1S/C11H15N5O5.C7H9N5O/c1-15-9(20)5-8(14-11(15)12)16(3-13-5)10-7(19)6(18)4(2-17)21-10;1-2-12-6(13)4-5(10-3-9-4)11-7(12)8/h3-4,6-7,10,17-19H,2H2,1H3,(H2,12,14);3H,2H2,1H3,(H2,8,11)(H,9,10)/t4-,6-,7-,10-;/m1./s1. The number of ether oxygens (including phenoxy) is 1. The van der Waals surface area contributed by atoms with Gasteiger partial charge < -0.3 is 36.5 Å². The van der Waals surface area contributed by atoms with E-state index < -0.39 is 36.7 Å². The number of nitrogens with zero attached hydrogens (tertiary/aromatic N) is 7. The van der Waals surface area contributed by atoms with Gasteiger partial charge in [0.2, 0.25) is 11.9 Å². The van der Waals surface area contributed by atoms with Crippen LogP contribution in [0.3, 0.4) is 0 Å². The normalized spacial score (nSPS) is 22.3. The van der Waals surface area contributed by atoms with Gasteiger partial charge in [0.25, 0.3) is 11.1 Å². The summed E-state index contributed by atoms with van der Waals surface area (Å²) >= 11 is 0. The molecule has 4 aromatic rings. The maximum atomic E-state index is 12.0. The molecule has 0 spiro atoms. The fraction of sp³-hybridized carbons (Fsp3) is 0.444. The molecule has 1 fully saturated rings. The van der Waals surface area contributed by atoms with Crippen LogP contribution in [0.1, 0.15) is 13.2 Å². The zero-order valence-electron chi connectivity index (χ0n) is 18.2. The number of hydrogen-bond donors (Lipinski definition) is 6. The Bertz CT molecular complexity index is 1460. The van der Waals surface area contributed by atoms with Crippen LogP contribution in [0.2, 0.25) is 0 Å². The van der Waals surface area contributed by atoms with Crippen LogP contribution in [0.25, 0.3) is 22.3 Å². The van der Waals surface area contributed by atoms with Gasteiger partial charge in [-0.25, -0.2) is 9.97 Å². The van der Waals surface area contributed by atoms with Crippen LogP contribution in [-0.2, 0) is 18.3 Å². The number of H-pyrrole nitrogens is 1. The molecular weight excluding hydrogens is 452 g/mol. The summed E-state index contributed by atoms with van der Waals surface area (Å²) < 4.78 is 9.24. The molecule has 0 bridgehead atoms. The van der Waals surface area contributed by atoms with Crippen LogP contribution in [0.5, 0.6) is 0 Å². The van der Waals surface area contributed by atoms with Crippen LogP contribution in [0, 0.1) is 0 Å². The predicted molar refractivity (Wildman–Crippen MR) is 118 cm³/mol. The molecule has 0 unspecified atom stereocenters. The molecule has 0 radical (unpaired) electrons. The molecule has 0 aromatic carbocycles. The van der Waals surface area contributed by atoms with E-state index in [1.807, 2.05) is 6.92 Å². The lowest BCUT2D eigenvalue weighted by atomic mass is 10.1. The molecule has 1 aliphatic heterocycles. The smallest absolute Gasteiger partial charge is 0.282 e. The van der Waals surface area contributed by atoms with Gasteiger partial charge in [-0.3, -0.25) is 23.3 Å². The molecule has 182 valence electrons. The van der Waals surface area contributed by atoms with E-state index in [-0.39, 0.29) is 28.6 Å². The largest absolute Gasteiger partial charge is 0.394 e. The van der Waals surface area contributed by atoms with Crippen LogP contribution < -0.4 is 22.6 Å². The first-order valence-corrected chi connectivity index (χ1v) is 10.2. The van der Waals surface area contributed by atoms with E-state index in [2.05, 4.69) is 24.9 Å². The van der Waals surface area contributed by atoms with Crippen LogP contribution >= 0.6 is 0 Å². The fourth-order valence-corrected chi connectivity index (χ4v) is 3.60. The predicted octanol–water partition coefficient (Wildman–Crippen LogP) is -2.95. The van der Waals surface area contributed by atoms with Gasteiger partial charge in [-0.2, -0.15) is 9.97 Å². The Morgan fingerprint density at radius 1 is 1.12 bits per heavy atom. The van der Waals surface area contributed by atoms with Crippen molar-refractivity contribution in [3.8, 4) is 0 Å². The quantitative estimate of drug-likeness (QED) is 0.174. The Morgan fingerprint density at radius 3 is 2.50 bits per heavy atom. The van der Waals surface area contributed by atoms with E-state index in [1.165, 1.54) is 28.8 Å². The summed E-state index contributed by atoms with van der Waals surface area (Å²) in [6.07, 6.45) is -1.77. The van der Waals surface area contributed by atoms with Crippen molar-refractivity contribution in [2.45, 2.75) is 38.0 Å². The Kier molecular flexibility index (Phi) is 6.05. The second kappa shape index (κ2) is 8.82. The average Bonchev–Trinajstić information content (AvgIpc) is 3.52. The first-order valence-electron chi connectivity index (χ1n) is 10.2. The van der Waals surface area contributed by atoms with Gasteiger partial charge in [0, 0.05) is 13.6 Å². The highest BCUT2D eigenvalue weighted by molar-refractivity contribution is 5.71. The van der Waals surface area contributed by atoms with Gasteiger partial charge in [0.05, 0.1) is 19.3 Å². The fourth-order valence-electron chi connectivity index (χ4n) is 3.60. The molecule has 1 saturated heterocycles. The highest BCUT2D eigenvalue weighted by Crippen LogP contribution is 2.30. The summed E-state index contributed by atoms with van der Waals surface area (Å²) in [7, 11) is 1.47. The number of hydrogen-bond acceptors (Lipinski definition) is 12. The second-order valence-corrected chi connectivity index (χ2v) is 7.51. The Hall–Kier alpha value is -3.86. The molecule has 4 atom stereocenters. The van der Waals surface area contributed by atoms with Crippen molar-refractivity contribution in [1.82, 2.24) is 38.6 Å². The van der Waals surface area contributed by atoms with Crippen molar-refractivity contribution < 1.29 is 20.1 Å². The van der Waals surface area contributed by atoms with Gasteiger partial charge in [-0.05, 0) is 6.92 Å². The van der Waals surface area contributed by atoms with E-state index in [1.54, 1.807) is 0 Å². The van der Waals surface area contributed by atoms with E-state index in [0.717, 1.165) is 4.57 Å². The number of fused-ring (bicyclic) bond motifs is 2. The summed E-state index contributed by atoms with van der Waals surface area (Å²) in [6, 6.07) is 0. The number of aliphatic hydroxyl groups excluding tert-OH is 3. The maximum absolute atomic E-state index is 12.0. The lowest BCUT2D eigenvalue weighted by Crippen LogP contribution is -2.33. The summed E-state index contributed by atoms with van der Waals surface area (Å²) in [4.78, 5) is 42.2. The van der Waals surface area contributed by atoms with Gasteiger partial charge in [0.1, 0.15) is 18.3 Å². The number of aromatic amines is 1. The van der Waals surface area contributed by atoms with Crippen molar-refractivity contribution in [3.05, 3.63) is 33.4 Å². The van der Waals surface area contributed by atoms with Gasteiger partial charge in [0.15, 0.2) is 28.6 Å². The first kappa shape index (κ1) is 23.3. The third-order valence-electron chi connectivity index (χ3n) is 5.52. The molecule has 0 amide bonds. The summed E-state index contributed by atoms with van der Waals surface area (Å²) in [5.41, 5.74) is 11.6. The van der Waals surface area contributed by atoms with Crippen molar-refractivity contribution in [1.29, 1.82) is 0 Å². The number of rotatable bonds is 3. The number of aromatic nitrogens is 8. The zero-order chi connectivity index (χ0) is 24.7. The molecule has 4 aromatic heterocycles. The number of nitrogens with two attached hydrogens (primary N) is 2. The van der Waals surface area contributed by atoms with E-state index >= 15 is 0 Å². The van der Waals surface area contributed by atoms with Crippen molar-refractivity contribution in [3.63, 3.8) is 0 Å². The third kappa shape index (κ3) is 3.67. The monoisotopic (exact) mass is 476 g/mol. The molecule has 0 aliphatic carbocycles. The number of anilines is 2. The van der Waals surface area contributed by atoms with E-state index in [0.29, 0.717) is 17.7 Å². The molecule has 16 heteroatoms. The molecular formula is C18H24N10O6. The van der Waals surface area contributed by atoms with Crippen LogP contribution in [-0.4, -0.2) is 78.9 Å². The lowest BCUT2D eigenvalue weighted by molar-refractivity contribution is -0.0511. The molecule has 5 heterocycles. The highest BCUT2D eigenvalue weighted by atomic mass is 16.6. The van der Waals surface area contributed by atoms with Crippen molar-refractivity contribution in [2.24, 2.45) is 7.05 Å². The third-order valence-corrected chi connectivity index (χ3v) is 5.52. The van der Waals surface area contributed by atoms with Crippen molar-refractivity contribution in [2.75, 3.05) is 18.1 Å². The van der Waals surface area contributed by atoms with Crippen LogP contribution in [0.4, 0.5) is 11.9 Å². The van der Waals surface area contributed by atoms with Gasteiger partial charge in [-0.1, -0.05) is 0 Å². The van der Waals surface area contributed by atoms with E-state index in [9.17, 15) is 19.8 Å². The lowest BCUT2D eigenvalue weighted by Gasteiger charge is -2.16. The Balaban J connectivity index is 0.000000180. The molecule has 5 rings (SSSR count). The molecule has 34 heavy (non-hydrogen) atoms. The summed E-state index contributed by atoms with van der Waals surface area (Å²) in [5, 5.41) is 28.9. The average molecular weight is 476 g/mol. The summed E-state index contributed by atoms with van der Waals surface area (Å²) in [6.45, 7) is 1.90. The Morgan fingerprint density at radius 2 is 1.85 bits per heavy atom. The molecule has 16 nitrogen and oxygen atoms in total. The highest BCUT2D eigenvalue weighted by Gasteiger charge is 2.44.